The SMILES string of the molecule is [B]c1ccc2oc(-c3ccc([N+](=O)[O-])cc3)cc(=O)c2c1. The van der Waals surface area contributed by atoms with E-state index in [0.29, 0.717) is 27.8 Å². The Morgan fingerprint density at radius 3 is 2.43 bits per heavy atom. The number of nitrogens with zero attached hydrogens (tertiary/aromatic N) is 1. The van der Waals surface area contributed by atoms with Crippen LogP contribution in [0.2, 0.25) is 0 Å². The van der Waals surface area contributed by atoms with E-state index < -0.39 is 4.92 Å². The van der Waals surface area contributed by atoms with Crippen molar-refractivity contribution >= 4 is 30.0 Å². The van der Waals surface area contributed by atoms with Gasteiger partial charge in [-0.2, -0.15) is 0 Å². The largest absolute Gasteiger partial charge is 0.456 e. The predicted molar refractivity (Wildman–Crippen MR) is 80.0 cm³/mol. The van der Waals surface area contributed by atoms with Gasteiger partial charge in [0.25, 0.3) is 5.69 Å². The van der Waals surface area contributed by atoms with Crippen LogP contribution in [0.25, 0.3) is 22.3 Å². The molecule has 3 rings (SSSR count). The van der Waals surface area contributed by atoms with E-state index in [4.69, 9.17) is 12.3 Å². The quantitative estimate of drug-likeness (QED) is 0.408. The normalized spacial score (nSPS) is 10.7. The van der Waals surface area contributed by atoms with Crippen LogP contribution >= 0.6 is 0 Å². The second kappa shape index (κ2) is 4.90. The summed E-state index contributed by atoms with van der Waals surface area (Å²) in [5.74, 6) is 0.354. The highest BCUT2D eigenvalue weighted by molar-refractivity contribution is 6.33. The topological polar surface area (TPSA) is 73.3 Å². The lowest BCUT2D eigenvalue weighted by Crippen LogP contribution is -2.07. The highest BCUT2D eigenvalue weighted by Crippen LogP contribution is 2.23. The summed E-state index contributed by atoms with van der Waals surface area (Å²) in [6.45, 7) is 0. The van der Waals surface area contributed by atoms with Gasteiger partial charge >= 0.3 is 0 Å². The molecule has 0 unspecified atom stereocenters. The number of fused-ring (bicyclic) bond motifs is 1. The third-order valence-corrected chi connectivity index (χ3v) is 3.11. The Bertz CT molecular complexity index is 900. The fourth-order valence-electron chi connectivity index (χ4n) is 2.06. The van der Waals surface area contributed by atoms with Gasteiger partial charge in [-0.3, -0.25) is 14.9 Å². The average molecular weight is 277 g/mol. The van der Waals surface area contributed by atoms with Gasteiger partial charge in [0.05, 0.1) is 10.3 Å². The maximum absolute atomic E-state index is 12.1. The van der Waals surface area contributed by atoms with Crippen LogP contribution in [0.1, 0.15) is 0 Å². The molecule has 2 aromatic carbocycles. The molecular weight excluding hydrogens is 269 g/mol. The molecule has 6 heteroatoms. The molecule has 5 nitrogen and oxygen atoms in total. The number of benzene rings is 2. The Morgan fingerprint density at radius 2 is 1.76 bits per heavy atom. The van der Waals surface area contributed by atoms with Crippen molar-refractivity contribution in [3.8, 4) is 11.3 Å². The summed E-state index contributed by atoms with van der Waals surface area (Å²) >= 11 is 0. The van der Waals surface area contributed by atoms with E-state index in [0.717, 1.165) is 0 Å². The van der Waals surface area contributed by atoms with Gasteiger partial charge in [-0.1, -0.05) is 17.6 Å². The van der Waals surface area contributed by atoms with Gasteiger partial charge in [-0.15, -0.1) is 0 Å². The van der Waals surface area contributed by atoms with Gasteiger partial charge in [-0.25, -0.2) is 0 Å². The van der Waals surface area contributed by atoms with E-state index in [2.05, 4.69) is 0 Å². The highest BCUT2D eigenvalue weighted by Gasteiger charge is 2.09. The maximum Gasteiger partial charge on any atom is 0.269 e. The Kier molecular flexibility index (Phi) is 3.06. The van der Waals surface area contributed by atoms with Gasteiger partial charge in [0, 0.05) is 23.8 Å². The first kappa shape index (κ1) is 13.1. The lowest BCUT2D eigenvalue weighted by atomic mass is 9.95. The first-order valence-electron chi connectivity index (χ1n) is 6.13. The van der Waals surface area contributed by atoms with E-state index in [1.54, 1.807) is 30.3 Å². The van der Waals surface area contributed by atoms with Gasteiger partial charge < -0.3 is 4.42 Å². The zero-order chi connectivity index (χ0) is 15.0. The minimum absolute atomic E-state index is 0.0188. The molecule has 0 saturated carbocycles. The van der Waals surface area contributed by atoms with Gasteiger partial charge in [0.1, 0.15) is 19.2 Å². The van der Waals surface area contributed by atoms with Crippen LogP contribution in [0, 0.1) is 10.1 Å². The van der Waals surface area contributed by atoms with Crippen molar-refractivity contribution in [3.63, 3.8) is 0 Å². The summed E-state index contributed by atoms with van der Waals surface area (Å²) in [6.07, 6.45) is 0. The molecule has 2 radical (unpaired) electrons. The standard InChI is InChI=1S/C15H8BNO4/c16-10-3-6-14-12(7-10)13(18)8-15(21-14)9-1-4-11(5-2-9)17(19)20/h1-8H. The van der Waals surface area contributed by atoms with E-state index in [1.165, 1.54) is 18.2 Å². The van der Waals surface area contributed by atoms with Crippen LogP contribution in [0.5, 0.6) is 0 Å². The van der Waals surface area contributed by atoms with E-state index >= 15 is 0 Å². The molecule has 0 atom stereocenters. The van der Waals surface area contributed by atoms with Gasteiger partial charge in [-0.05, 0) is 18.2 Å². The van der Waals surface area contributed by atoms with Crippen molar-refractivity contribution in [1.29, 1.82) is 0 Å². The summed E-state index contributed by atoms with van der Waals surface area (Å²) < 4.78 is 5.66. The summed E-state index contributed by atoms with van der Waals surface area (Å²) in [5.41, 5.74) is 1.27. The molecule has 0 aliphatic rings. The number of hydrogen-bond acceptors (Lipinski definition) is 4. The van der Waals surface area contributed by atoms with Crippen molar-refractivity contribution in [2.45, 2.75) is 0 Å². The number of hydrogen-bond donors (Lipinski definition) is 0. The molecule has 0 N–H and O–H groups in total. The van der Waals surface area contributed by atoms with Gasteiger partial charge in [0.2, 0.25) is 0 Å². The molecule has 100 valence electrons. The fourth-order valence-corrected chi connectivity index (χ4v) is 2.06. The number of non-ortho nitro benzene ring substituents is 1. The molecule has 0 amide bonds. The smallest absolute Gasteiger partial charge is 0.269 e. The van der Waals surface area contributed by atoms with Crippen LogP contribution in [0.3, 0.4) is 0 Å². The lowest BCUT2D eigenvalue weighted by Gasteiger charge is -2.04. The first-order chi connectivity index (χ1) is 10.0. The lowest BCUT2D eigenvalue weighted by molar-refractivity contribution is -0.384. The second-order valence-electron chi connectivity index (χ2n) is 4.53. The minimum atomic E-state index is -0.483. The Hall–Kier alpha value is -2.89. The van der Waals surface area contributed by atoms with Crippen LogP contribution in [-0.2, 0) is 0 Å². The van der Waals surface area contributed by atoms with Crippen LogP contribution in [-0.4, -0.2) is 12.8 Å². The van der Waals surface area contributed by atoms with E-state index in [9.17, 15) is 14.9 Å². The second-order valence-corrected chi connectivity index (χ2v) is 4.53. The Balaban J connectivity index is 2.14. The minimum Gasteiger partial charge on any atom is -0.456 e. The zero-order valence-corrected chi connectivity index (χ0v) is 10.8. The molecule has 21 heavy (non-hydrogen) atoms. The molecule has 0 spiro atoms. The Labute approximate surface area is 120 Å². The van der Waals surface area contributed by atoms with Crippen molar-refractivity contribution < 1.29 is 9.34 Å². The molecule has 0 aliphatic heterocycles. The molecule has 3 aromatic rings. The maximum atomic E-state index is 12.1. The summed E-state index contributed by atoms with van der Waals surface area (Å²) in [7, 11) is 5.64. The number of nitro benzene ring substituents is 1. The van der Waals surface area contributed by atoms with Crippen molar-refractivity contribution in [2.75, 3.05) is 0 Å². The van der Waals surface area contributed by atoms with E-state index in [-0.39, 0.29) is 11.1 Å². The number of rotatable bonds is 2. The van der Waals surface area contributed by atoms with Gasteiger partial charge in [0.15, 0.2) is 5.43 Å². The van der Waals surface area contributed by atoms with E-state index in [1.807, 2.05) is 0 Å². The summed E-state index contributed by atoms with van der Waals surface area (Å²) in [4.78, 5) is 22.2. The molecule has 0 saturated heterocycles. The molecular formula is C15H8BNO4. The summed E-state index contributed by atoms with van der Waals surface area (Å²) in [5, 5.41) is 11.0. The Morgan fingerprint density at radius 1 is 1.05 bits per heavy atom. The predicted octanol–water partition coefficient (Wildman–Crippen LogP) is 2.16. The molecule has 0 aliphatic carbocycles. The molecule has 1 heterocycles. The van der Waals surface area contributed by atoms with Crippen LogP contribution in [0.15, 0.2) is 57.7 Å². The monoisotopic (exact) mass is 277 g/mol. The van der Waals surface area contributed by atoms with Crippen LogP contribution in [0.4, 0.5) is 5.69 Å². The van der Waals surface area contributed by atoms with Crippen LogP contribution < -0.4 is 10.9 Å². The summed E-state index contributed by atoms with van der Waals surface area (Å²) in [6, 6.07) is 12.0. The highest BCUT2D eigenvalue weighted by atomic mass is 16.6. The van der Waals surface area contributed by atoms with Crippen molar-refractivity contribution in [1.82, 2.24) is 0 Å². The first-order valence-corrected chi connectivity index (χ1v) is 6.13. The fraction of sp³-hybridized carbons (Fsp3) is 0. The average Bonchev–Trinajstić information content (AvgIpc) is 2.48. The molecule has 1 aromatic heterocycles. The molecule has 0 fully saturated rings. The number of nitro groups is 1. The van der Waals surface area contributed by atoms with Crippen molar-refractivity contribution in [2.24, 2.45) is 0 Å². The molecule has 0 bridgehead atoms. The zero-order valence-electron chi connectivity index (χ0n) is 10.8. The third kappa shape index (κ3) is 2.43. The van der Waals surface area contributed by atoms with Crippen molar-refractivity contribution in [3.05, 3.63) is 68.9 Å². The third-order valence-electron chi connectivity index (χ3n) is 3.11.